The van der Waals surface area contributed by atoms with Crippen molar-refractivity contribution in [2.24, 2.45) is 0 Å². The zero-order chi connectivity index (χ0) is 21.8. The van der Waals surface area contributed by atoms with E-state index in [0.717, 1.165) is 21.0 Å². The minimum absolute atomic E-state index is 0.223. The first kappa shape index (κ1) is 23.0. The normalized spacial score (nSPS) is 18.9. The van der Waals surface area contributed by atoms with Gasteiger partial charge < -0.3 is 14.5 Å². The molecule has 0 spiro atoms. The number of carbonyl (C=O) groups excluding carboxylic acids is 2. The Labute approximate surface area is 191 Å². The van der Waals surface area contributed by atoms with Crippen LogP contribution in [0.3, 0.4) is 0 Å². The minimum atomic E-state index is -0.930. The highest BCUT2D eigenvalue weighted by Gasteiger charge is 2.40. The van der Waals surface area contributed by atoms with Crippen molar-refractivity contribution in [3.05, 3.63) is 53.1 Å². The van der Waals surface area contributed by atoms with E-state index < -0.39 is 12.1 Å². The molecule has 0 fully saturated rings. The molecule has 160 valence electrons. The second-order valence-electron chi connectivity index (χ2n) is 7.25. The molecule has 0 aromatic heterocycles. The van der Waals surface area contributed by atoms with E-state index in [9.17, 15) is 9.59 Å². The van der Waals surface area contributed by atoms with Crippen molar-refractivity contribution in [1.82, 2.24) is 4.90 Å². The van der Waals surface area contributed by atoms with Crippen LogP contribution in [0.2, 0.25) is 5.02 Å². The van der Waals surface area contributed by atoms with E-state index in [4.69, 9.17) is 16.3 Å². The zero-order valence-electron chi connectivity index (χ0n) is 17.4. The summed E-state index contributed by atoms with van der Waals surface area (Å²) in [6, 6.07) is 13.5. The van der Waals surface area contributed by atoms with Crippen molar-refractivity contribution >= 4 is 52.7 Å². The highest BCUT2D eigenvalue weighted by atomic mass is 35.5. The Bertz CT molecular complexity index is 921. The van der Waals surface area contributed by atoms with E-state index in [2.05, 4.69) is 0 Å². The van der Waals surface area contributed by atoms with Gasteiger partial charge in [0.15, 0.2) is 6.10 Å². The van der Waals surface area contributed by atoms with Gasteiger partial charge in [-0.05, 0) is 56.2 Å². The molecule has 1 aliphatic heterocycles. The standard InChI is InChI=1S/C22H25ClN2O3S2/c1-14(26)28-20-21(15-5-8-17(29-4)9-6-15)30-19-13-16(23)7-10-18(19)25(22(20)27)12-11-24(2)3/h5-10,13,20-21H,11-12H2,1-4H3. The third-order valence-electron chi connectivity index (χ3n) is 4.76. The molecule has 2 aromatic rings. The molecular formula is C22H25ClN2O3S2. The molecule has 3 rings (SSSR count). The molecule has 1 heterocycles. The number of anilines is 1. The number of amides is 1. The second kappa shape index (κ2) is 10.1. The topological polar surface area (TPSA) is 49.9 Å². The van der Waals surface area contributed by atoms with Gasteiger partial charge in [-0.15, -0.1) is 23.5 Å². The lowest BCUT2D eigenvalue weighted by Gasteiger charge is -2.28. The van der Waals surface area contributed by atoms with Crippen LogP contribution < -0.4 is 4.90 Å². The highest BCUT2D eigenvalue weighted by Crippen LogP contribution is 2.47. The van der Waals surface area contributed by atoms with Gasteiger partial charge in [0.05, 0.1) is 10.9 Å². The highest BCUT2D eigenvalue weighted by molar-refractivity contribution is 7.99. The zero-order valence-corrected chi connectivity index (χ0v) is 19.8. The summed E-state index contributed by atoms with van der Waals surface area (Å²) in [6.07, 6.45) is 1.09. The predicted molar refractivity (Wildman–Crippen MR) is 125 cm³/mol. The molecule has 0 saturated heterocycles. The Morgan fingerprint density at radius 3 is 2.53 bits per heavy atom. The van der Waals surface area contributed by atoms with Crippen LogP contribution in [0.15, 0.2) is 52.3 Å². The SMILES string of the molecule is CSc1ccc(C2Sc3cc(Cl)ccc3N(CCN(C)C)C(=O)C2OC(C)=O)cc1. The number of benzene rings is 2. The van der Waals surface area contributed by atoms with Crippen LogP contribution in [0.25, 0.3) is 0 Å². The number of thioether (sulfide) groups is 2. The van der Waals surface area contributed by atoms with E-state index in [1.165, 1.54) is 18.7 Å². The van der Waals surface area contributed by atoms with Gasteiger partial charge >= 0.3 is 5.97 Å². The molecule has 30 heavy (non-hydrogen) atoms. The Morgan fingerprint density at radius 1 is 1.23 bits per heavy atom. The molecule has 1 aliphatic rings. The molecule has 8 heteroatoms. The third kappa shape index (κ3) is 5.32. The van der Waals surface area contributed by atoms with Gasteiger partial charge in [0.25, 0.3) is 5.91 Å². The van der Waals surface area contributed by atoms with Crippen LogP contribution in [0.1, 0.15) is 17.7 Å². The maximum absolute atomic E-state index is 13.6. The lowest BCUT2D eigenvalue weighted by Crippen LogP contribution is -2.45. The van der Waals surface area contributed by atoms with Crippen LogP contribution in [-0.2, 0) is 14.3 Å². The predicted octanol–water partition coefficient (Wildman–Crippen LogP) is 4.74. The van der Waals surface area contributed by atoms with Crippen molar-refractivity contribution in [2.75, 3.05) is 38.3 Å². The number of hydrogen-bond donors (Lipinski definition) is 0. The first-order chi connectivity index (χ1) is 14.3. The average molecular weight is 465 g/mol. The lowest BCUT2D eigenvalue weighted by molar-refractivity contribution is -0.152. The van der Waals surface area contributed by atoms with Crippen LogP contribution in [-0.4, -0.2) is 56.3 Å². The summed E-state index contributed by atoms with van der Waals surface area (Å²) in [5, 5.41) is 0.225. The summed E-state index contributed by atoms with van der Waals surface area (Å²) in [7, 11) is 3.92. The van der Waals surface area contributed by atoms with Crippen molar-refractivity contribution < 1.29 is 14.3 Å². The summed E-state index contributed by atoms with van der Waals surface area (Å²) in [5.74, 6) is -0.698. The first-order valence-electron chi connectivity index (χ1n) is 9.53. The maximum Gasteiger partial charge on any atom is 0.303 e. The van der Waals surface area contributed by atoms with Crippen molar-refractivity contribution in [2.45, 2.75) is 28.1 Å². The minimum Gasteiger partial charge on any atom is -0.451 e. The van der Waals surface area contributed by atoms with Gasteiger partial charge in [0.1, 0.15) is 0 Å². The van der Waals surface area contributed by atoms with Crippen LogP contribution in [0.5, 0.6) is 0 Å². The smallest absolute Gasteiger partial charge is 0.303 e. The number of fused-ring (bicyclic) bond motifs is 1. The van der Waals surface area contributed by atoms with E-state index in [1.54, 1.807) is 22.7 Å². The fourth-order valence-electron chi connectivity index (χ4n) is 3.26. The number of hydrogen-bond acceptors (Lipinski definition) is 6. The number of nitrogens with zero attached hydrogens (tertiary/aromatic N) is 2. The summed E-state index contributed by atoms with van der Waals surface area (Å²) in [6.45, 7) is 2.50. The van der Waals surface area contributed by atoms with Crippen molar-refractivity contribution in [1.29, 1.82) is 0 Å². The van der Waals surface area contributed by atoms with Crippen LogP contribution >= 0.6 is 35.1 Å². The fourth-order valence-corrected chi connectivity index (χ4v) is 5.27. The van der Waals surface area contributed by atoms with Gasteiger partial charge in [-0.25, -0.2) is 0 Å². The summed E-state index contributed by atoms with van der Waals surface area (Å²) in [4.78, 5) is 31.3. The van der Waals surface area contributed by atoms with E-state index in [0.29, 0.717) is 18.1 Å². The third-order valence-corrected chi connectivity index (χ3v) is 7.09. The molecule has 2 atom stereocenters. The Kier molecular flexibility index (Phi) is 7.74. The largest absolute Gasteiger partial charge is 0.451 e. The number of ether oxygens (including phenoxy) is 1. The van der Waals surface area contributed by atoms with Crippen molar-refractivity contribution in [3.63, 3.8) is 0 Å². The number of esters is 1. The molecular weight excluding hydrogens is 440 g/mol. The summed E-state index contributed by atoms with van der Waals surface area (Å²) >= 11 is 9.44. The van der Waals surface area contributed by atoms with Gasteiger partial charge in [-0.1, -0.05) is 23.7 Å². The Morgan fingerprint density at radius 2 is 1.93 bits per heavy atom. The molecule has 2 aromatic carbocycles. The fraction of sp³-hybridized carbons (Fsp3) is 0.364. The summed E-state index contributed by atoms with van der Waals surface area (Å²) in [5.41, 5.74) is 1.72. The van der Waals surface area contributed by atoms with E-state index >= 15 is 0 Å². The van der Waals surface area contributed by atoms with Gasteiger partial charge in [-0.2, -0.15) is 0 Å². The monoisotopic (exact) mass is 464 g/mol. The molecule has 2 unspecified atom stereocenters. The Hall–Kier alpha value is -1.67. The van der Waals surface area contributed by atoms with E-state index in [1.807, 2.05) is 61.6 Å². The van der Waals surface area contributed by atoms with Gasteiger partial charge in [0.2, 0.25) is 0 Å². The molecule has 1 amide bonds. The molecule has 0 saturated carbocycles. The number of rotatable bonds is 6. The molecule has 5 nitrogen and oxygen atoms in total. The molecule has 0 N–H and O–H groups in total. The number of likely N-dealkylation sites (N-methyl/N-ethyl adjacent to an activating group) is 1. The van der Waals surface area contributed by atoms with Crippen LogP contribution in [0.4, 0.5) is 5.69 Å². The molecule has 0 radical (unpaired) electrons. The lowest BCUT2D eigenvalue weighted by atomic mass is 10.1. The quantitative estimate of drug-likeness (QED) is 0.454. The second-order valence-corrected chi connectivity index (χ2v) is 9.75. The van der Waals surface area contributed by atoms with Crippen LogP contribution in [0, 0.1) is 0 Å². The Balaban J connectivity index is 2.09. The van der Waals surface area contributed by atoms with Gasteiger partial charge in [0, 0.05) is 34.8 Å². The number of halogens is 1. The first-order valence-corrected chi connectivity index (χ1v) is 12.0. The maximum atomic E-state index is 13.6. The van der Waals surface area contributed by atoms with Crippen molar-refractivity contribution in [3.8, 4) is 0 Å². The van der Waals surface area contributed by atoms with Gasteiger partial charge in [-0.3, -0.25) is 9.59 Å². The molecule has 0 aliphatic carbocycles. The average Bonchev–Trinajstić information content (AvgIpc) is 2.81. The van der Waals surface area contributed by atoms with E-state index in [-0.39, 0.29) is 11.2 Å². The molecule has 0 bridgehead atoms. The summed E-state index contributed by atoms with van der Waals surface area (Å²) < 4.78 is 5.60. The number of carbonyl (C=O) groups is 2.